The van der Waals surface area contributed by atoms with Crippen molar-refractivity contribution >= 4 is 20.0 Å². The fourth-order valence-corrected chi connectivity index (χ4v) is 11.2. The van der Waals surface area contributed by atoms with Crippen LogP contribution in [0.3, 0.4) is 0 Å². The van der Waals surface area contributed by atoms with Gasteiger partial charge in [0.25, 0.3) is 0 Å². The highest BCUT2D eigenvalue weighted by Crippen LogP contribution is 2.51. The molecule has 6 aromatic rings. The zero-order chi connectivity index (χ0) is 37.1. The lowest BCUT2D eigenvalue weighted by Crippen LogP contribution is -2.34. The molecule has 0 saturated carbocycles. The first kappa shape index (κ1) is 34.4. The standard InChI is InChI=1S/C41H34N2O8S2/c44-30-17-18-39(38(47)24-30)53(50,51)43-37(35-15-6-7-16-36(35)41(43)27-10-2-1-3-11-27)20-26-9-8-13-28(19-26)40-34-14-5-4-12-29(34)25-42(40)52(48,49)33-22-31(45)21-32(46)23-33/h1-19,21-24,37,40-41,44-47H,20,25H2/t37-,40?,41-/m1/s1. The van der Waals surface area contributed by atoms with E-state index in [4.69, 9.17) is 0 Å². The highest BCUT2D eigenvalue weighted by molar-refractivity contribution is 7.89. The van der Waals surface area contributed by atoms with Crippen molar-refractivity contribution in [2.75, 3.05) is 0 Å². The average molecular weight is 747 g/mol. The number of nitrogens with zero attached hydrogens (tertiary/aromatic N) is 2. The van der Waals surface area contributed by atoms with Gasteiger partial charge in [0.1, 0.15) is 27.9 Å². The summed E-state index contributed by atoms with van der Waals surface area (Å²) < 4.78 is 60.6. The molecule has 8 rings (SSSR count). The molecule has 0 spiro atoms. The number of rotatable bonds is 8. The Labute approximate surface area is 307 Å². The summed E-state index contributed by atoms with van der Waals surface area (Å²) in [6.07, 6.45) is 0.202. The van der Waals surface area contributed by atoms with Gasteiger partial charge in [0.05, 0.1) is 23.0 Å². The number of sulfonamides is 2. The van der Waals surface area contributed by atoms with Gasteiger partial charge in [-0.3, -0.25) is 0 Å². The predicted molar refractivity (Wildman–Crippen MR) is 197 cm³/mol. The van der Waals surface area contributed by atoms with Crippen molar-refractivity contribution in [1.82, 2.24) is 8.61 Å². The lowest BCUT2D eigenvalue weighted by molar-refractivity contribution is 0.311. The molecular formula is C41H34N2O8S2. The van der Waals surface area contributed by atoms with Crippen molar-refractivity contribution in [3.05, 3.63) is 178 Å². The second kappa shape index (κ2) is 13.1. The lowest BCUT2D eigenvalue weighted by atomic mass is 9.93. The minimum absolute atomic E-state index is 0.0563. The van der Waals surface area contributed by atoms with Gasteiger partial charge in [-0.15, -0.1) is 0 Å². The minimum atomic E-state index is -4.41. The van der Waals surface area contributed by atoms with Gasteiger partial charge >= 0.3 is 0 Å². The maximum absolute atomic E-state index is 14.7. The average Bonchev–Trinajstić information content (AvgIpc) is 3.69. The lowest BCUT2D eigenvalue weighted by Gasteiger charge is -2.31. The van der Waals surface area contributed by atoms with E-state index in [9.17, 15) is 37.3 Å². The summed E-state index contributed by atoms with van der Waals surface area (Å²) in [7, 11) is -8.65. The normalized spacial score (nSPS) is 18.8. The van der Waals surface area contributed by atoms with Gasteiger partial charge in [0, 0.05) is 30.8 Å². The third-order valence-electron chi connectivity index (χ3n) is 9.97. The molecule has 0 aliphatic carbocycles. The number of hydrogen-bond donors (Lipinski definition) is 4. The van der Waals surface area contributed by atoms with Crippen LogP contribution in [0, 0.1) is 0 Å². The van der Waals surface area contributed by atoms with Crippen molar-refractivity contribution in [2.24, 2.45) is 0 Å². The SMILES string of the molecule is O=S(=O)(c1cc(O)cc(O)c1)N1Cc2ccccc2C1c1cccc(C[C@@H]2c3ccccc3[C@@H](c3ccccc3)N2S(=O)(=O)c2ccc(O)cc2O)c1. The third-order valence-corrected chi connectivity index (χ3v) is 13.7. The molecule has 0 fully saturated rings. The fraction of sp³-hybridized carbons (Fsp3) is 0.122. The summed E-state index contributed by atoms with van der Waals surface area (Å²) in [6, 6.07) is 36.1. The zero-order valence-corrected chi connectivity index (χ0v) is 29.7. The number of benzene rings is 6. The molecule has 1 unspecified atom stereocenters. The van der Waals surface area contributed by atoms with Crippen LogP contribution in [0.2, 0.25) is 0 Å². The first-order chi connectivity index (χ1) is 25.4. The molecule has 2 aliphatic rings. The van der Waals surface area contributed by atoms with Gasteiger partial charge in [0.15, 0.2) is 0 Å². The third kappa shape index (κ3) is 5.99. The Hall–Kier alpha value is -5.66. The fourth-order valence-electron chi connectivity index (χ4n) is 7.72. The number of hydrogen-bond acceptors (Lipinski definition) is 8. The van der Waals surface area contributed by atoms with Crippen molar-refractivity contribution in [3.63, 3.8) is 0 Å². The van der Waals surface area contributed by atoms with Crippen LogP contribution in [-0.4, -0.2) is 45.9 Å². The molecule has 2 aliphatic heterocycles. The summed E-state index contributed by atoms with van der Waals surface area (Å²) in [4.78, 5) is -0.596. The highest BCUT2D eigenvalue weighted by atomic mass is 32.2. The summed E-state index contributed by atoms with van der Waals surface area (Å²) in [5, 5.41) is 41.1. The maximum Gasteiger partial charge on any atom is 0.248 e. The maximum atomic E-state index is 14.7. The van der Waals surface area contributed by atoms with Gasteiger partial charge < -0.3 is 20.4 Å². The van der Waals surface area contributed by atoms with E-state index in [1.54, 1.807) is 0 Å². The van der Waals surface area contributed by atoms with Crippen LogP contribution in [0.4, 0.5) is 0 Å². The number of fused-ring (bicyclic) bond motifs is 2. The largest absolute Gasteiger partial charge is 0.508 e. The smallest absolute Gasteiger partial charge is 0.248 e. The molecule has 268 valence electrons. The van der Waals surface area contributed by atoms with Gasteiger partial charge in [-0.05, 0) is 57.5 Å². The van der Waals surface area contributed by atoms with Crippen LogP contribution in [0.1, 0.15) is 57.1 Å². The second-order valence-electron chi connectivity index (χ2n) is 13.2. The molecule has 0 aromatic heterocycles. The first-order valence-electron chi connectivity index (χ1n) is 16.8. The summed E-state index contributed by atoms with van der Waals surface area (Å²) in [6.45, 7) is 0.0563. The van der Waals surface area contributed by atoms with Gasteiger partial charge in [0.2, 0.25) is 20.0 Å². The quantitative estimate of drug-likeness (QED) is 0.131. The van der Waals surface area contributed by atoms with E-state index in [1.165, 1.54) is 20.7 Å². The molecule has 6 aromatic carbocycles. The van der Waals surface area contributed by atoms with Gasteiger partial charge in [-0.25, -0.2) is 16.8 Å². The second-order valence-corrected chi connectivity index (χ2v) is 16.9. The summed E-state index contributed by atoms with van der Waals surface area (Å²) >= 11 is 0. The van der Waals surface area contributed by atoms with E-state index in [0.29, 0.717) is 5.56 Å². The Morgan fingerprint density at radius 2 is 1.19 bits per heavy atom. The topological polar surface area (TPSA) is 156 Å². The van der Waals surface area contributed by atoms with Crippen LogP contribution in [-0.2, 0) is 33.0 Å². The molecule has 2 heterocycles. The molecule has 0 amide bonds. The van der Waals surface area contributed by atoms with E-state index in [0.717, 1.165) is 57.6 Å². The monoisotopic (exact) mass is 746 g/mol. The van der Waals surface area contributed by atoms with E-state index in [1.807, 2.05) is 103 Å². The van der Waals surface area contributed by atoms with E-state index >= 15 is 0 Å². The van der Waals surface area contributed by atoms with Crippen molar-refractivity contribution < 1.29 is 37.3 Å². The Balaban J connectivity index is 1.24. The Morgan fingerprint density at radius 3 is 1.91 bits per heavy atom. The van der Waals surface area contributed by atoms with Gasteiger partial charge in [-0.1, -0.05) is 103 Å². The Kier molecular flexibility index (Phi) is 8.50. The molecule has 0 bridgehead atoms. The molecule has 12 heteroatoms. The number of phenolic OH excluding ortho intramolecular Hbond substituents is 4. The molecule has 4 N–H and O–H groups in total. The van der Waals surface area contributed by atoms with E-state index in [2.05, 4.69) is 0 Å². The van der Waals surface area contributed by atoms with Crippen LogP contribution in [0.15, 0.2) is 149 Å². The number of aromatic hydroxyl groups is 4. The van der Waals surface area contributed by atoms with Crippen molar-refractivity contribution in [3.8, 4) is 23.0 Å². The summed E-state index contributed by atoms with van der Waals surface area (Å²) in [5.74, 6) is -1.62. The molecular weight excluding hydrogens is 713 g/mol. The molecule has 0 radical (unpaired) electrons. The Bertz CT molecular complexity index is 2580. The molecule has 53 heavy (non-hydrogen) atoms. The zero-order valence-electron chi connectivity index (χ0n) is 28.1. The van der Waals surface area contributed by atoms with Gasteiger partial charge in [-0.2, -0.15) is 8.61 Å². The van der Waals surface area contributed by atoms with Crippen LogP contribution in [0.25, 0.3) is 0 Å². The van der Waals surface area contributed by atoms with E-state index in [-0.39, 0.29) is 40.0 Å². The highest BCUT2D eigenvalue weighted by Gasteiger charge is 2.47. The Morgan fingerprint density at radius 1 is 0.547 bits per heavy atom. The first-order valence-corrected chi connectivity index (χ1v) is 19.7. The van der Waals surface area contributed by atoms with Crippen molar-refractivity contribution in [1.29, 1.82) is 0 Å². The van der Waals surface area contributed by atoms with E-state index < -0.39 is 43.9 Å². The van der Waals surface area contributed by atoms with Crippen LogP contribution >= 0.6 is 0 Å². The minimum Gasteiger partial charge on any atom is -0.508 e. The summed E-state index contributed by atoms with van der Waals surface area (Å²) in [5.41, 5.74) is 5.28. The molecule has 10 nitrogen and oxygen atoms in total. The van der Waals surface area contributed by atoms with Crippen LogP contribution < -0.4 is 0 Å². The predicted octanol–water partition coefficient (Wildman–Crippen LogP) is 6.88. The molecule has 0 saturated heterocycles. The van der Waals surface area contributed by atoms with Crippen LogP contribution in [0.5, 0.6) is 23.0 Å². The molecule has 3 atom stereocenters. The number of phenols is 4. The van der Waals surface area contributed by atoms with Crippen molar-refractivity contribution in [2.45, 2.75) is 40.9 Å².